The maximum Gasteiger partial charge on any atom is 0.232 e. The Labute approximate surface area is 152 Å². The number of benzene rings is 1. The van der Waals surface area contributed by atoms with Crippen LogP contribution in [0.15, 0.2) is 53.7 Å². The summed E-state index contributed by atoms with van der Waals surface area (Å²) in [5.41, 5.74) is 2.40. The van der Waals surface area contributed by atoms with Crippen LogP contribution in [0.1, 0.15) is 24.0 Å². The average molecular weight is 354 g/mol. The Balaban J connectivity index is 1.39. The van der Waals surface area contributed by atoms with E-state index in [-0.39, 0.29) is 17.4 Å². The highest BCUT2D eigenvalue weighted by Crippen LogP contribution is 2.46. The van der Waals surface area contributed by atoms with Crippen LogP contribution in [0.3, 0.4) is 0 Å². The second-order valence-corrected chi connectivity index (χ2v) is 7.93. The van der Waals surface area contributed by atoms with Gasteiger partial charge in [-0.25, -0.2) is 0 Å². The van der Waals surface area contributed by atoms with Crippen LogP contribution >= 0.6 is 11.8 Å². The minimum absolute atomic E-state index is 0.161. The highest BCUT2D eigenvalue weighted by molar-refractivity contribution is 8.00. The molecular formula is C20H22N2O2S. The number of amides is 1. The van der Waals surface area contributed by atoms with Crippen LogP contribution in [-0.4, -0.2) is 45.8 Å². The third-order valence-corrected chi connectivity index (χ3v) is 6.62. The number of piperidine rings is 1. The summed E-state index contributed by atoms with van der Waals surface area (Å²) < 4.78 is 0. The predicted molar refractivity (Wildman–Crippen MR) is 98.6 cm³/mol. The van der Waals surface area contributed by atoms with Gasteiger partial charge in [0, 0.05) is 35.8 Å². The van der Waals surface area contributed by atoms with Gasteiger partial charge in [0.05, 0.1) is 11.9 Å². The van der Waals surface area contributed by atoms with Crippen molar-refractivity contribution in [1.82, 2.24) is 9.88 Å². The molecular weight excluding hydrogens is 332 g/mol. The topological polar surface area (TPSA) is 53.4 Å². The molecule has 2 aliphatic rings. The first kappa shape index (κ1) is 16.6. The molecule has 2 aromatic rings. The van der Waals surface area contributed by atoms with E-state index in [0.29, 0.717) is 5.75 Å². The number of aromatic nitrogens is 1. The number of hydrogen-bond acceptors (Lipinski definition) is 4. The van der Waals surface area contributed by atoms with Crippen LogP contribution in [0.2, 0.25) is 0 Å². The summed E-state index contributed by atoms with van der Waals surface area (Å²) in [6.07, 6.45) is 5.59. The quantitative estimate of drug-likeness (QED) is 0.861. The number of hydrogen-bond donors (Lipinski definition) is 1. The van der Waals surface area contributed by atoms with Crippen molar-refractivity contribution in [2.24, 2.45) is 0 Å². The molecule has 1 unspecified atom stereocenters. The number of aliphatic hydroxyl groups excluding tert-OH is 1. The molecule has 1 amide bonds. The maximum atomic E-state index is 12.5. The van der Waals surface area contributed by atoms with Crippen LogP contribution in [-0.2, 0) is 16.6 Å². The predicted octanol–water partition coefficient (Wildman–Crippen LogP) is 2.65. The Morgan fingerprint density at radius 2 is 1.92 bits per heavy atom. The number of carbonyl (C=O) groups is 1. The highest BCUT2D eigenvalue weighted by atomic mass is 32.2. The smallest absolute Gasteiger partial charge is 0.232 e. The molecule has 0 radical (unpaired) electrons. The maximum absolute atomic E-state index is 12.5. The van der Waals surface area contributed by atoms with Gasteiger partial charge >= 0.3 is 0 Å². The number of carbonyl (C=O) groups excluding carboxylic acids is 1. The van der Waals surface area contributed by atoms with Gasteiger partial charge < -0.3 is 10.0 Å². The Hall–Kier alpha value is -1.85. The van der Waals surface area contributed by atoms with Gasteiger partial charge in [0.1, 0.15) is 0 Å². The summed E-state index contributed by atoms with van der Waals surface area (Å²) in [6.45, 7) is 1.45. The minimum Gasteiger partial charge on any atom is -0.392 e. The molecule has 1 aliphatic heterocycles. The molecule has 0 saturated carbocycles. The number of aliphatic hydroxyl groups is 1. The van der Waals surface area contributed by atoms with Crippen molar-refractivity contribution < 1.29 is 9.90 Å². The van der Waals surface area contributed by atoms with Gasteiger partial charge in [-0.05, 0) is 42.5 Å². The molecule has 25 heavy (non-hydrogen) atoms. The first-order chi connectivity index (χ1) is 12.2. The van der Waals surface area contributed by atoms with E-state index in [1.807, 2.05) is 23.1 Å². The molecule has 1 aromatic heterocycles. The SMILES string of the molecule is O=C(CSc1ccncc1)N1CCC2(CC1)c1ccccc1CC2O. The molecule has 5 heteroatoms. The Bertz CT molecular complexity index is 757. The second-order valence-electron chi connectivity index (χ2n) is 6.89. The van der Waals surface area contributed by atoms with Gasteiger partial charge in [-0.15, -0.1) is 11.8 Å². The van der Waals surface area contributed by atoms with E-state index in [9.17, 15) is 9.90 Å². The summed E-state index contributed by atoms with van der Waals surface area (Å²) in [5.74, 6) is 0.633. The molecule has 1 atom stereocenters. The van der Waals surface area contributed by atoms with Crippen molar-refractivity contribution in [1.29, 1.82) is 0 Å². The van der Waals surface area contributed by atoms with E-state index in [0.717, 1.165) is 37.2 Å². The van der Waals surface area contributed by atoms with Gasteiger partial charge in [0.15, 0.2) is 0 Å². The van der Waals surface area contributed by atoms with Crippen LogP contribution in [0.25, 0.3) is 0 Å². The van der Waals surface area contributed by atoms with Crippen LogP contribution < -0.4 is 0 Å². The lowest BCUT2D eigenvalue weighted by Gasteiger charge is -2.42. The summed E-state index contributed by atoms with van der Waals surface area (Å²) in [7, 11) is 0. The van der Waals surface area contributed by atoms with Crippen LogP contribution in [0, 0.1) is 0 Å². The minimum atomic E-state index is -0.326. The lowest BCUT2D eigenvalue weighted by molar-refractivity contribution is -0.130. The molecule has 1 saturated heterocycles. The molecule has 1 N–H and O–H groups in total. The average Bonchev–Trinajstić information content (AvgIpc) is 2.93. The Morgan fingerprint density at radius 1 is 1.20 bits per heavy atom. The van der Waals surface area contributed by atoms with Gasteiger partial charge in [-0.2, -0.15) is 0 Å². The first-order valence-electron chi connectivity index (χ1n) is 8.76. The zero-order chi connectivity index (χ0) is 17.3. The van der Waals surface area contributed by atoms with Gasteiger partial charge in [-0.3, -0.25) is 9.78 Å². The standard InChI is InChI=1S/C20H22N2O2S/c23-18-13-15-3-1-2-4-17(15)20(18)7-11-22(12-8-20)19(24)14-25-16-5-9-21-10-6-16/h1-6,9-10,18,23H,7-8,11-14H2. The third kappa shape index (κ3) is 3.07. The molecule has 4 rings (SSSR count). The molecule has 4 nitrogen and oxygen atoms in total. The lowest BCUT2D eigenvalue weighted by atomic mass is 9.72. The molecule has 1 aliphatic carbocycles. The second kappa shape index (κ2) is 6.81. The van der Waals surface area contributed by atoms with Crippen molar-refractivity contribution in [2.75, 3.05) is 18.8 Å². The van der Waals surface area contributed by atoms with Crippen molar-refractivity contribution in [3.63, 3.8) is 0 Å². The van der Waals surface area contributed by atoms with Crippen molar-refractivity contribution in [2.45, 2.75) is 35.7 Å². The van der Waals surface area contributed by atoms with Crippen molar-refractivity contribution in [3.05, 3.63) is 59.9 Å². The zero-order valence-corrected chi connectivity index (χ0v) is 14.9. The van der Waals surface area contributed by atoms with Crippen LogP contribution in [0.5, 0.6) is 0 Å². The Kier molecular flexibility index (Phi) is 4.52. The molecule has 2 heterocycles. The fourth-order valence-electron chi connectivity index (χ4n) is 4.20. The summed E-state index contributed by atoms with van der Waals surface area (Å²) in [5, 5.41) is 10.7. The van der Waals surface area contributed by atoms with E-state index in [1.54, 1.807) is 24.2 Å². The van der Waals surface area contributed by atoms with Gasteiger partial charge in [-0.1, -0.05) is 24.3 Å². The number of pyridine rings is 1. The first-order valence-corrected chi connectivity index (χ1v) is 9.75. The molecule has 1 spiro atoms. The highest BCUT2D eigenvalue weighted by Gasteiger charge is 2.47. The van der Waals surface area contributed by atoms with E-state index in [4.69, 9.17) is 0 Å². The fourth-order valence-corrected chi connectivity index (χ4v) is 4.98. The lowest BCUT2D eigenvalue weighted by Crippen LogP contribution is -2.49. The van der Waals surface area contributed by atoms with E-state index < -0.39 is 0 Å². The normalized spacial score (nSPS) is 21.3. The third-order valence-electron chi connectivity index (χ3n) is 5.63. The molecule has 130 valence electrons. The van der Waals surface area contributed by atoms with E-state index in [1.165, 1.54) is 11.1 Å². The number of rotatable bonds is 3. The molecule has 1 fully saturated rings. The van der Waals surface area contributed by atoms with Crippen LogP contribution in [0.4, 0.5) is 0 Å². The number of fused-ring (bicyclic) bond motifs is 2. The van der Waals surface area contributed by atoms with Gasteiger partial charge in [0.2, 0.25) is 5.91 Å². The fraction of sp³-hybridized carbons (Fsp3) is 0.400. The monoisotopic (exact) mass is 354 g/mol. The Morgan fingerprint density at radius 3 is 2.68 bits per heavy atom. The summed E-state index contributed by atoms with van der Waals surface area (Å²) in [6, 6.07) is 12.2. The number of likely N-dealkylation sites (tertiary alicyclic amines) is 1. The van der Waals surface area contributed by atoms with E-state index >= 15 is 0 Å². The largest absolute Gasteiger partial charge is 0.392 e. The molecule has 1 aromatic carbocycles. The summed E-state index contributed by atoms with van der Waals surface area (Å²) >= 11 is 1.55. The van der Waals surface area contributed by atoms with Gasteiger partial charge in [0.25, 0.3) is 0 Å². The summed E-state index contributed by atoms with van der Waals surface area (Å²) in [4.78, 5) is 19.5. The number of thioether (sulfide) groups is 1. The van der Waals surface area contributed by atoms with Crippen molar-refractivity contribution >= 4 is 17.7 Å². The zero-order valence-electron chi connectivity index (χ0n) is 14.1. The van der Waals surface area contributed by atoms with E-state index in [2.05, 4.69) is 23.2 Å². The number of nitrogens with zero attached hydrogens (tertiary/aromatic N) is 2. The molecule has 0 bridgehead atoms. The van der Waals surface area contributed by atoms with Crippen molar-refractivity contribution in [3.8, 4) is 0 Å².